The molecule has 0 N–H and O–H groups in total. The molecule has 0 saturated carbocycles. The minimum Gasteiger partial charge on any atom is -0.493 e. The average molecular weight is 369 g/mol. The summed E-state index contributed by atoms with van der Waals surface area (Å²) in [6.07, 6.45) is 1.57. The van der Waals surface area contributed by atoms with Crippen LogP contribution in [0.2, 0.25) is 0 Å². The quantitative estimate of drug-likeness (QED) is 0.404. The molecule has 0 unspecified atom stereocenters. The van der Waals surface area contributed by atoms with E-state index in [9.17, 15) is 4.79 Å². The van der Waals surface area contributed by atoms with Gasteiger partial charge in [0.05, 0.1) is 24.2 Å². The Morgan fingerprint density at radius 3 is 2.62 bits per heavy atom. The average Bonchev–Trinajstić information content (AvgIpc) is 3.03. The summed E-state index contributed by atoms with van der Waals surface area (Å²) in [4.78, 5) is 16.6. The monoisotopic (exact) mass is 368 g/mol. The summed E-state index contributed by atoms with van der Waals surface area (Å²) in [6, 6.07) is 16.2. The van der Waals surface area contributed by atoms with Gasteiger partial charge in [0.2, 0.25) is 0 Å². The molecular weight excluding hydrogens is 344 g/mol. The predicted molar refractivity (Wildman–Crippen MR) is 107 cm³/mol. The van der Waals surface area contributed by atoms with Crippen LogP contribution in [0, 0.1) is 0 Å². The number of aryl methyl sites for hydroxylation is 1. The SMILES string of the molecule is CCC(=O)Cn1c(SCCOc2ccc(CC)cc2)nc2ccccc21. The van der Waals surface area contributed by atoms with Crippen molar-refractivity contribution in [3.05, 3.63) is 54.1 Å². The second-order valence-corrected chi connectivity index (χ2v) is 7.12. The molecule has 0 fully saturated rings. The molecular formula is C21H24N2O2S. The molecule has 0 atom stereocenters. The molecule has 0 aliphatic carbocycles. The van der Waals surface area contributed by atoms with Gasteiger partial charge in [0.15, 0.2) is 10.9 Å². The lowest BCUT2D eigenvalue weighted by atomic mass is 10.2. The largest absolute Gasteiger partial charge is 0.493 e. The molecule has 0 aliphatic rings. The van der Waals surface area contributed by atoms with E-state index < -0.39 is 0 Å². The van der Waals surface area contributed by atoms with E-state index in [1.807, 2.05) is 47.9 Å². The summed E-state index contributed by atoms with van der Waals surface area (Å²) in [5.41, 5.74) is 3.24. The summed E-state index contributed by atoms with van der Waals surface area (Å²) in [5.74, 6) is 1.87. The molecule has 2 aromatic carbocycles. The smallest absolute Gasteiger partial charge is 0.169 e. The first-order valence-corrected chi connectivity index (χ1v) is 10.0. The van der Waals surface area contributed by atoms with Gasteiger partial charge >= 0.3 is 0 Å². The van der Waals surface area contributed by atoms with E-state index >= 15 is 0 Å². The number of hydrogen-bond donors (Lipinski definition) is 0. The Morgan fingerprint density at radius 1 is 1.12 bits per heavy atom. The van der Waals surface area contributed by atoms with Gasteiger partial charge in [-0.1, -0.05) is 49.9 Å². The molecule has 26 heavy (non-hydrogen) atoms. The maximum absolute atomic E-state index is 12.0. The fourth-order valence-corrected chi connectivity index (χ4v) is 3.55. The lowest BCUT2D eigenvalue weighted by Gasteiger charge is -2.09. The summed E-state index contributed by atoms with van der Waals surface area (Å²) in [7, 11) is 0. The molecule has 5 heteroatoms. The highest BCUT2D eigenvalue weighted by Crippen LogP contribution is 2.24. The van der Waals surface area contributed by atoms with Crippen molar-refractivity contribution in [1.29, 1.82) is 0 Å². The third kappa shape index (κ3) is 4.47. The number of hydrogen-bond acceptors (Lipinski definition) is 4. The standard InChI is InChI=1S/C21H24N2O2S/c1-3-16-9-11-18(12-10-16)25-13-14-26-21-22-19-7-5-6-8-20(19)23(21)15-17(24)4-2/h5-12H,3-4,13-15H2,1-2H3. The zero-order valence-electron chi connectivity index (χ0n) is 15.3. The highest BCUT2D eigenvalue weighted by atomic mass is 32.2. The van der Waals surface area contributed by atoms with Crippen molar-refractivity contribution in [2.75, 3.05) is 12.4 Å². The molecule has 0 amide bonds. The van der Waals surface area contributed by atoms with Crippen LogP contribution in [0.15, 0.2) is 53.7 Å². The molecule has 0 saturated heterocycles. The van der Waals surface area contributed by atoms with Crippen LogP contribution in [0.3, 0.4) is 0 Å². The van der Waals surface area contributed by atoms with Gasteiger partial charge in [-0.05, 0) is 36.2 Å². The van der Waals surface area contributed by atoms with Gasteiger partial charge in [-0.15, -0.1) is 0 Å². The number of aromatic nitrogens is 2. The van der Waals surface area contributed by atoms with Gasteiger partial charge in [-0.2, -0.15) is 0 Å². The zero-order valence-corrected chi connectivity index (χ0v) is 16.1. The van der Waals surface area contributed by atoms with Gasteiger partial charge in [-0.25, -0.2) is 4.98 Å². The lowest BCUT2D eigenvalue weighted by molar-refractivity contribution is -0.119. The molecule has 0 bridgehead atoms. The maximum atomic E-state index is 12.0. The van der Waals surface area contributed by atoms with Crippen molar-refractivity contribution in [1.82, 2.24) is 9.55 Å². The number of Topliss-reactive ketones (excluding diaryl/α,β-unsaturated/α-hetero) is 1. The van der Waals surface area contributed by atoms with E-state index in [1.165, 1.54) is 5.56 Å². The lowest BCUT2D eigenvalue weighted by Crippen LogP contribution is -2.10. The van der Waals surface area contributed by atoms with E-state index in [4.69, 9.17) is 4.74 Å². The number of ether oxygens (including phenoxy) is 1. The molecule has 1 heterocycles. The Morgan fingerprint density at radius 2 is 1.88 bits per heavy atom. The summed E-state index contributed by atoms with van der Waals surface area (Å²) < 4.78 is 7.83. The van der Waals surface area contributed by atoms with Crippen LogP contribution in [0.25, 0.3) is 11.0 Å². The normalized spacial score (nSPS) is 11.0. The molecule has 136 valence electrons. The Hall–Kier alpha value is -2.27. The Bertz CT molecular complexity index is 871. The van der Waals surface area contributed by atoms with Gasteiger partial charge in [-0.3, -0.25) is 4.79 Å². The summed E-state index contributed by atoms with van der Waals surface area (Å²) in [5, 5.41) is 0.873. The number of carbonyl (C=O) groups is 1. The van der Waals surface area contributed by atoms with Crippen molar-refractivity contribution >= 4 is 28.6 Å². The Kier molecular flexibility index (Phi) is 6.34. The summed E-state index contributed by atoms with van der Waals surface area (Å²) >= 11 is 1.63. The molecule has 0 spiro atoms. The number of thioether (sulfide) groups is 1. The number of imidazole rings is 1. The number of fused-ring (bicyclic) bond motifs is 1. The first kappa shape index (κ1) is 18.5. The van der Waals surface area contributed by atoms with E-state index in [2.05, 4.69) is 24.0 Å². The Balaban J connectivity index is 1.64. The van der Waals surface area contributed by atoms with Gasteiger partial charge in [0.25, 0.3) is 0 Å². The predicted octanol–water partition coefficient (Wildman–Crippen LogP) is 4.75. The van der Waals surface area contributed by atoms with Gasteiger partial charge < -0.3 is 9.30 Å². The fraction of sp³-hybridized carbons (Fsp3) is 0.333. The van der Waals surface area contributed by atoms with E-state index in [0.717, 1.165) is 34.1 Å². The van der Waals surface area contributed by atoms with Gasteiger partial charge in [0.1, 0.15) is 5.75 Å². The van der Waals surface area contributed by atoms with E-state index in [1.54, 1.807) is 11.8 Å². The fourth-order valence-electron chi connectivity index (χ4n) is 2.72. The van der Waals surface area contributed by atoms with Crippen LogP contribution in [0.5, 0.6) is 5.75 Å². The van der Waals surface area contributed by atoms with Crippen LogP contribution in [0.4, 0.5) is 0 Å². The molecule has 0 radical (unpaired) electrons. The summed E-state index contributed by atoms with van der Waals surface area (Å²) in [6.45, 7) is 5.01. The van der Waals surface area contributed by atoms with Crippen molar-refractivity contribution < 1.29 is 9.53 Å². The minimum absolute atomic E-state index is 0.210. The third-order valence-electron chi connectivity index (χ3n) is 4.26. The topological polar surface area (TPSA) is 44.1 Å². The van der Waals surface area contributed by atoms with E-state index in [0.29, 0.717) is 19.6 Å². The highest BCUT2D eigenvalue weighted by Gasteiger charge is 2.13. The van der Waals surface area contributed by atoms with Crippen LogP contribution < -0.4 is 4.74 Å². The number of rotatable bonds is 9. The van der Waals surface area contributed by atoms with Crippen LogP contribution in [-0.2, 0) is 17.8 Å². The number of nitrogens with zero attached hydrogens (tertiary/aromatic N) is 2. The highest BCUT2D eigenvalue weighted by molar-refractivity contribution is 7.99. The number of para-hydroxylation sites is 2. The van der Waals surface area contributed by atoms with Crippen molar-refractivity contribution in [3.63, 3.8) is 0 Å². The van der Waals surface area contributed by atoms with Crippen LogP contribution in [0.1, 0.15) is 25.8 Å². The van der Waals surface area contributed by atoms with Crippen molar-refractivity contribution in [3.8, 4) is 5.75 Å². The van der Waals surface area contributed by atoms with Crippen molar-refractivity contribution in [2.45, 2.75) is 38.4 Å². The number of benzene rings is 2. The maximum Gasteiger partial charge on any atom is 0.169 e. The zero-order chi connectivity index (χ0) is 18.4. The molecule has 1 aromatic heterocycles. The van der Waals surface area contributed by atoms with E-state index in [-0.39, 0.29) is 5.78 Å². The number of ketones is 1. The molecule has 0 aliphatic heterocycles. The Labute approximate surface area is 158 Å². The second kappa shape index (κ2) is 8.90. The molecule has 3 aromatic rings. The first-order valence-electron chi connectivity index (χ1n) is 9.02. The number of carbonyl (C=O) groups excluding carboxylic acids is 1. The second-order valence-electron chi connectivity index (χ2n) is 6.06. The molecule has 4 nitrogen and oxygen atoms in total. The van der Waals surface area contributed by atoms with Crippen LogP contribution >= 0.6 is 11.8 Å². The molecule has 3 rings (SSSR count). The van der Waals surface area contributed by atoms with Crippen molar-refractivity contribution in [2.24, 2.45) is 0 Å². The van der Waals surface area contributed by atoms with Gasteiger partial charge in [0, 0.05) is 12.2 Å². The van der Waals surface area contributed by atoms with Crippen LogP contribution in [-0.4, -0.2) is 27.7 Å². The minimum atomic E-state index is 0.210. The first-order chi connectivity index (χ1) is 12.7. The third-order valence-corrected chi connectivity index (χ3v) is 5.20.